The molecule has 0 amide bonds. The van der Waals surface area contributed by atoms with E-state index < -0.39 is 23.7 Å². The molecule has 4 atom stereocenters. The number of ether oxygens (including phenoxy) is 3. The van der Waals surface area contributed by atoms with Crippen molar-refractivity contribution in [2.24, 2.45) is 0 Å². The molecule has 1 heterocycles. The van der Waals surface area contributed by atoms with Crippen LogP contribution in [0, 0.1) is 0 Å². The van der Waals surface area contributed by atoms with E-state index in [1.54, 1.807) is 0 Å². The molecular formula is C21H23FO4S. The Morgan fingerprint density at radius 2 is 1.59 bits per heavy atom. The molecule has 144 valence electrons. The lowest BCUT2D eigenvalue weighted by Crippen LogP contribution is -2.35. The van der Waals surface area contributed by atoms with E-state index in [1.807, 2.05) is 60.7 Å². The van der Waals surface area contributed by atoms with Crippen LogP contribution in [0.1, 0.15) is 18.1 Å². The van der Waals surface area contributed by atoms with Crippen LogP contribution < -0.4 is 0 Å². The first-order valence-corrected chi connectivity index (χ1v) is 9.81. The predicted octanol–water partition coefficient (Wildman–Crippen LogP) is 4.13. The van der Waals surface area contributed by atoms with Gasteiger partial charge in [-0.15, -0.1) is 11.8 Å². The summed E-state index contributed by atoms with van der Waals surface area (Å²) in [6.45, 7) is 2.34. The highest BCUT2D eigenvalue weighted by molar-refractivity contribution is 8.00. The lowest BCUT2D eigenvalue weighted by Gasteiger charge is -2.20. The zero-order chi connectivity index (χ0) is 19.1. The van der Waals surface area contributed by atoms with E-state index in [0.29, 0.717) is 19.8 Å². The van der Waals surface area contributed by atoms with E-state index >= 15 is 0 Å². The van der Waals surface area contributed by atoms with Crippen molar-refractivity contribution >= 4 is 17.7 Å². The summed E-state index contributed by atoms with van der Waals surface area (Å²) in [7, 11) is 0. The molecule has 1 unspecified atom stereocenters. The number of benzene rings is 2. The number of rotatable bonds is 8. The minimum absolute atomic E-state index is 0.253. The third-order valence-electron chi connectivity index (χ3n) is 4.21. The maximum Gasteiger partial charge on any atom is 0.303 e. The van der Waals surface area contributed by atoms with Gasteiger partial charge in [-0.1, -0.05) is 60.7 Å². The Labute approximate surface area is 163 Å². The van der Waals surface area contributed by atoms with Gasteiger partial charge >= 0.3 is 5.97 Å². The molecule has 3 rings (SSSR count). The van der Waals surface area contributed by atoms with Gasteiger partial charge in [-0.25, -0.2) is 4.39 Å². The Bertz CT molecular complexity index is 713. The van der Waals surface area contributed by atoms with Crippen LogP contribution in [-0.4, -0.2) is 35.5 Å². The van der Waals surface area contributed by atoms with Gasteiger partial charge in [0.2, 0.25) is 0 Å². The number of hydrogen-bond donors (Lipinski definition) is 0. The van der Waals surface area contributed by atoms with Crippen molar-refractivity contribution in [3.8, 4) is 0 Å². The number of halogens is 1. The largest absolute Gasteiger partial charge is 0.448 e. The Morgan fingerprint density at radius 1 is 1.00 bits per heavy atom. The minimum atomic E-state index is -1.40. The molecule has 0 spiro atoms. The first-order valence-electron chi connectivity index (χ1n) is 8.87. The van der Waals surface area contributed by atoms with Gasteiger partial charge in [0, 0.05) is 6.92 Å². The lowest BCUT2D eigenvalue weighted by molar-refractivity contribution is -0.146. The van der Waals surface area contributed by atoms with Gasteiger partial charge in [0.25, 0.3) is 0 Å². The second-order valence-corrected chi connectivity index (χ2v) is 7.70. The molecule has 1 aliphatic rings. The fourth-order valence-corrected chi connectivity index (χ4v) is 4.31. The highest BCUT2D eigenvalue weighted by Crippen LogP contribution is 2.39. The molecule has 0 bridgehead atoms. The van der Waals surface area contributed by atoms with Crippen molar-refractivity contribution in [3.05, 3.63) is 71.8 Å². The fraction of sp³-hybridized carbons (Fsp3) is 0.381. The second kappa shape index (κ2) is 9.88. The number of alkyl halides is 1. The third kappa shape index (κ3) is 5.79. The van der Waals surface area contributed by atoms with Crippen LogP contribution in [0.4, 0.5) is 4.39 Å². The van der Waals surface area contributed by atoms with Crippen LogP contribution >= 0.6 is 11.8 Å². The summed E-state index contributed by atoms with van der Waals surface area (Å²) in [5.74, 6) is -0.497. The molecule has 0 aromatic heterocycles. The third-order valence-corrected chi connectivity index (χ3v) is 5.59. The average molecular weight is 390 g/mol. The van der Waals surface area contributed by atoms with Gasteiger partial charge in [-0.2, -0.15) is 0 Å². The molecule has 1 fully saturated rings. The van der Waals surface area contributed by atoms with E-state index in [-0.39, 0.29) is 5.25 Å². The van der Waals surface area contributed by atoms with Crippen LogP contribution in [0.2, 0.25) is 0 Å². The Kier molecular flexibility index (Phi) is 7.26. The van der Waals surface area contributed by atoms with Crippen LogP contribution in [0.3, 0.4) is 0 Å². The predicted molar refractivity (Wildman–Crippen MR) is 103 cm³/mol. The van der Waals surface area contributed by atoms with Crippen molar-refractivity contribution in [1.29, 1.82) is 0 Å². The molecular weight excluding hydrogens is 367 g/mol. The molecule has 0 radical (unpaired) electrons. The van der Waals surface area contributed by atoms with Gasteiger partial charge in [-0.3, -0.25) is 4.79 Å². The Hall–Kier alpha value is -1.89. The smallest absolute Gasteiger partial charge is 0.303 e. The molecule has 4 nitrogen and oxygen atoms in total. The summed E-state index contributed by atoms with van der Waals surface area (Å²) in [6.07, 6.45) is -2.09. The highest BCUT2D eigenvalue weighted by atomic mass is 32.2. The zero-order valence-corrected chi connectivity index (χ0v) is 15.9. The Balaban J connectivity index is 1.59. The van der Waals surface area contributed by atoms with Gasteiger partial charge in [0.15, 0.2) is 11.6 Å². The van der Waals surface area contributed by atoms with E-state index in [1.165, 1.54) is 18.7 Å². The van der Waals surface area contributed by atoms with E-state index in [2.05, 4.69) is 0 Å². The fourth-order valence-electron chi connectivity index (χ4n) is 2.91. The molecule has 27 heavy (non-hydrogen) atoms. The quantitative estimate of drug-likeness (QED) is 0.634. The number of hydrogen-bond acceptors (Lipinski definition) is 5. The average Bonchev–Trinajstić information content (AvgIpc) is 2.96. The standard InChI is InChI=1S/C21H23FO4S/c1-15(23)26-21-19(22)20(25-13-17-10-6-3-7-11-17)18(27-21)14-24-12-16-8-4-2-5-9-16/h2-11,18-21H,12-14H2,1H3/t18-,19+,20-,21?/m0/s1. The van der Waals surface area contributed by atoms with Crippen LogP contribution in [0.5, 0.6) is 0 Å². The van der Waals surface area contributed by atoms with E-state index in [9.17, 15) is 9.18 Å². The van der Waals surface area contributed by atoms with E-state index in [0.717, 1.165) is 11.1 Å². The topological polar surface area (TPSA) is 44.8 Å². The zero-order valence-electron chi connectivity index (χ0n) is 15.1. The van der Waals surface area contributed by atoms with Gasteiger partial charge in [0.05, 0.1) is 25.1 Å². The molecule has 0 saturated carbocycles. The van der Waals surface area contributed by atoms with Gasteiger partial charge < -0.3 is 14.2 Å². The van der Waals surface area contributed by atoms with Crippen molar-refractivity contribution in [1.82, 2.24) is 0 Å². The lowest BCUT2D eigenvalue weighted by atomic mass is 10.1. The summed E-state index contributed by atoms with van der Waals surface area (Å²) in [5, 5.41) is -0.253. The number of carbonyl (C=O) groups excluding carboxylic acids is 1. The summed E-state index contributed by atoms with van der Waals surface area (Å²) in [5.41, 5.74) is 1.15. The summed E-state index contributed by atoms with van der Waals surface area (Å²) >= 11 is 1.26. The van der Waals surface area contributed by atoms with Gasteiger partial charge in [0.1, 0.15) is 6.10 Å². The molecule has 2 aromatic rings. The van der Waals surface area contributed by atoms with E-state index in [4.69, 9.17) is 14.2 Å². The monoisotopic (exact) mass is 390 g/mol. The van der Waals surface area contributed by atoms with Crippen LogP contribution in [0.25, 0.3) is 0 Å². The van der Waals surface area contributed by atoms with Gasteiger partial charge in [-0.05, 0) is 11.1 Å². The van der Waals surface area contributed by atoms with Crippen molar-refractivity contribution < 1.29 is 23.4 Å². The molecule has 0 N–H and O–H groups in total. The Morgan fingerprint density at radius 3 is 2.19 bits per heavy atom. The SMILES string of the molecule is CC(=O)OC1S[C@@H](COCc2ccccc2)[C@H](OCc2ccccc2)[C@H]1F. The second-order valence-electron chi connectivity index (χ2n) is 6.36. The highest BCUT2D eigenvalue weighted by Gasteiger charge is 2.47. The first-order chi connectivity index (χ1) is 13.1. The normalized spacial score (nSPS) is 24.7. The van der Waals surface area contributed by atoms with Crippen molar-refractivity contribution in [2.45, 2.75) is 43.1 Å². The van der Waals surface area contributed by atoms with Crippen molar-refractivity contribution in [3.63, 3.8) is 0 Å². The molecule has 1 saturated heterocycles. The first kappa shape index (κ1) is 19.9. The molecule has 1 aliphatic heterocycles. The summed E-state index contributed by atoms with van der Waals surface area (Å²) in [6, 6.07) is 19.4. The van der Waals surface area contributed by atoms with Crippen LogP contribution in [-0.2, 0) is 32.2 Å². The summed E-state index contributed by atoms with van der Waals surface area (Å²) < 4.78 is 31.6. The summed E-state index contributed by atoms with van der Waals surface area (Å²) in [4.78, 5) is 11.3. The maximum absolute atomic E-state index is 14.8. The minimum Gasteiger partial charge on any atom is -0.448 e. The number of esters is 1. The van der Waals surface area contributed by atoms with Crippen molar-refractivity contribution in [2.75, 3.05) is 6.61 Å². The molecule has 0 aliphatic carbocycles. The van der Waals surface area contributed by atoms with Crippen LogP contribution in [0.15, 0.2) is 60.7 Å². The number of carbonyl (C=O) groups is 1. The molecule has 6 heteroatoms. The number of thioether (sulfide) groups is 1. The maximum atomic E-state index is 14.8. The molecule has 2 aromatic carbocycles.